The molecule has 0 radical (unpaired) electrons. The van der Waals surface area contributed by atoms with Crippen LogP contribution in [0.4, 0.5) is 0 Å². The van der Waals surface area contributed by atoms with E-state index >= 15 is 0 Å². The van der Waals surface area contributed by atoms with E-state index in [1.807, 2.05) is 12.1 Å². The molecule has 0 unspecified atom stereocenters. The Morgan fingerprint density at radius 3 is 2.30 bits per heavy atom. The molecular formula is C18H18O2. The lowest BCUT2D eigenvalue weighted by molar-refractivity contribution is 0.404. The average molecular weight is 266 g/mol. The lowest BCUT2D eigenvalue weighted by atomic mass is 9.98. The second-order valence-corrected chi connectivity index (χ2v) is 4.84. The van der Waals surface area contributed by atoms with E-state index in [1.165, 1.54) is 10.9 Å². The summed E-state index contributed by atoms with van der Waals surface area (Å²) < 4.78 is 11.4. The third-order valence-corrected chi connectivity index (χ3v) is 3.80. The van der Waals surface area contributed by atoms with Crippen molar-refractivity contribution in [3.8, 4) is 11.5 Å². The Kier molecular flexibility index (Phi) is 3.23. The first kappa shape index (κ1) is 12.8. The number of benzene rings is 3. The normalized spacial score (nSPS) is 10.9. The van der Waals surface area contributed by atoms with Crippen molar-refractivity contribution in [3.05, 3.63) is 48.0 Å². The predicted octanol–water partition coefficient (Wildman–Crippen LogP) is 4.57. The molecule has 0 aromatic heterocycles. The fraction of sp³-hybridized carbons (Fsp3) is 0.222. The van der Waals surface area contributed by atoms with E-state index in [0.717, 1.165) is 34.1 Å². The number of ether oxygens (including phenoxy) is 2. The molecule has 3 rings (SSSR count). The Bertz CT molecular complexity index is 775. The fourth-order valence-electron chi connectivity index (χ4n) is 2.85. The highest BCUT2D eigenvalue weighted by Crippen LogP contribution is 2.41. The molecule has 0 amide bonds. The van der Waals surface area contributed by atoms with Gasteiger partial charge in [0.2, 0.25) is 0 Å². The van der Waals surface area contributed by atoms with Gasteiger partial charge < -0.3 is 9.47 Å². The monoisotopic (exact) mass is 266 g/mol. The number of fused-ring (bicyclic) bond motifs is 2. The van der Waals surface area contributed by atoms with Crippen LogP contribution in [0.25, 0.3) is 21.5 Å². The Labute approximate surface area is 118 Å². The molecule has 3 aromatic rings. The van der Waals surface area contributed by atoms with Crippen molar-refractivity contribution in [2.45, 2.75) is 13.3 Å². The van der Waals surface area contributed by atoms with Gasteiger partial charge in [-0.05, 0) is 28.8 Å². The second kappa shape index (κ2) is 5.04. The van der Waals surface area contributed by atoms with E-state index < -0.39 is 0 Å². The quantitative estimate of drug-likeness (QED) is 0.646. The van der Waals surface area contributed by atoms with Gasteiger partial charge in [-0.1, -0.05) is 43.3 Å². The van der Waals surface area contributed by atoms with E-state index in [1.54, 1.807) is 14.2 Å². The van der Waals surface area contributed by atoms with Crippen molar-refractivity contribution in [1.82, 2.24) is 0 Å². The molecule has 0 saturated heterocycles. The van der Waals surface area contributed by atoms with Crippen molar-refractivity contribution in [1.29, 1.82) is 0 Å². The largest absolute Gasteiger partial charge is 0.496 e. The lowest BCUT2D eigenvalue weighted by Gasteiger charge is -2.15. The second-order valence-electron chi connectivity index (χ2n) is 4.84. The van der Waals surface area contributed by atoms with Gasteiger partial charge in [-0.15, -0.1) is 0 Å². The highest BCUT2D eigenvalue weighted by Gasteiger charge is 2.14. The maximum atomic E-state index is 5.70. The minimum atomic E-state index is 0.894. The molecule has 2 heteroatoms. The molecule has 0 bridgehead atoms. The molecule has 0 spiro atoms. The Hall–Kier alpha value is -2.22. The smallest absolute Gasteiger partial charge is 0.138 e. The maximum absolute atomic E-state index is 5.70. The molecular weight excluding hydrogens is 248 g/mol. The number of hydrogen-bond acceptors (Lipinski definition) is 2. The number of methoxy groups -OCH3 is 2. The molecule has 2 nitrogen and oxygen atoms in total. The zero-order chi connectivity index (χ0) is 14.1. The highest BCUT2D eigenvalue weighted by atomic mass is 16.5. The Balaban J connectivity index is 2.53. The van der Waals surface area contributed by atoms with Gasteiger partial charge in [0.05, 0.1) is 19.6 Å². The van der Waals surface area contributed by atoms with Crippen LogP contribution in [0, 0.1) is 0 Å². The molecule has 0 N–H and O–H groups in total. The summed E-state index contributed by atoms with van der Waals surface area (Å²) in [6, 6.07) is 14.7. The van der Waals surface area contributed by atoms with Gasteiger partial charge in [-0.3, -0.25) is 0 Å². The molecule has 3 aromatic carbocycles. The van der Waals surface area contributed by atoms with Crippen LogP contribution in [0.1, 0.15) is 12.5 Å². The topological polar surface area (TPSA) is 18.5 Å². The standard InChI is InChI=1S/C18H18O2/c1-4-12-9-10-14-11-13-7-5-6-8-15(13)18(20-3)16(14)17(12)19-2/h5-11H,4H2,1-3H3. The van der Waals surface area contributed by atoms with Crippen LogP contribution in [0.5, 0.6) is 11.5 Å². The predicted molar refractivity (Wildman–Crippen MR) is 83.9 cm³/mol. The van der Waals surface area contributed by atoms with Gasteiger partial charge in [0, 0.05) is 5.39 Å². The fourth-order valence-corrected chi connectivity index (χ4v) is 2.85. The first-order chi connectivity index (χ1) is 9.80. The highest BCUT2D eigenvalue weighted by molar-refractivity contribution is 6.08. The van der Waals surface area contributed by atoms with E-state index in [2.05, 4.69) is 37.3 Å². The number of aryl methyl sites for hydroxylation is 1. The minimum Gasteiger partial charge on any atom is -0.496 e. The average Bonchev–Trinajstić information content (AvgIpc) is 2.51. The van der Waals surface area contributed by atoms with Crippen molar-refractivity contribution < 1.29 is 9.47 Å². The van der Waals surface area contributed by atoms with Crippen LogP contribution in [-0.2, 0) is 6.42 Å². The summed E-state index contributed by atoms with van der Waals surface area (Å²) in [4.78, 5) is 0. The molecule has 0 atom stereocenters. The summed E-state index contributed by atoms with van der Waals surface area (Å²) in [5, 5.41) is 4.51. The van der Waals surface area contributed by atoms with Crippen LogP contribution in [0.2, 0.25) is 0 Å². The zero-order valence-electron chi connectivity index (χ0n) is 12.1. The van der Waals surface area contributed by atoms with Crippen LogP contribution >= 0.6 is 0 Å². The summed E-state index contributed by atoms with van der Waals surface area (Å²) in [5.74, 6) is 1.82. The van der Waals surface area contributed by atoms with Crippen molar-refractivity contribution in [3.63, 3.8) is 0 Å². The summed E-state index contributed by atoms with van der Waals surface area (Å²) >= 11 is 0. The molecule has 0 aliphatic heterocycles. The molecule has 0 aliphatic carbocycles. The van der Waals surface area contributed by atoms with Crippen LogP contribution in [0.15, 0.2) is 42.5 Å². The Morgan fingerprint density at radius 1 is 0.850 bits per heavy atom. The van der Waals surface area contributed by atoms with Gasteiger partial charge in [-0.25, -0.2) is 0 Å². The molecule has 102 valence electrons. The number of hydrogen-bond donors (Lipinski definition) is 0. The first-order valence-electron chi connectivity index (χ1n) is 6.85. The maximum Gasteiger partial charge on any atom is 0.138 e. The minimum absolute atomic E-state index is 0.894. The van der Waals surface area contributed by atoms with Gasteiger partial charge in [0.25, 0.3) is 0 Å². The zero-order valence-corrected chi connectivity index (χ0v) is 12.1. The molecule has 0 heterocycles. The van der Waals surface area contributed by atoms with Crippen LogP contribution in [0.3, 0.4) is 0 Å². The first-order valence-corrected chi connectivity index (χ1v) is 6.85. The van der Waals surface area contributed by atoms with Crippen LogP contribution < -0.4 is 9.47 Å². The molecule has 0 saturated carbocycles. The van der Waals surface area contributed by atoms with Crippen molar-refractivity contribution >= 4 is 21.5 Å². The molecule has 0 aliphatic rings. The lowest BCUT2D eigenvalue weighted by Crippen LogP contribution is -1.95. The molecule has 20 heavy (non-hydrogen) atoms. The van der Waals surface area contributed by atoms with Gasteiger partial charge in [0.15, 0.2) is 0 Å². The van der Waals surface area contributed by atoms with Crippen molar-refractivity contribution in [2.75, 3.05) is 14.2 Å². The summed E-state index contributed by atoms with van der Waals surface area (Å²) in [6.07, 6.45) is 0.940. The van der Waals surface area contributed by atoms with E-state index in [4.69, 9.17) is 9.47 Å². The van der Waals surface area contributed by atoms with Gasteiger partial charge in [-0.2, -0.15) is 0 Å². The van der Waals surface area contributed by atoms with Gasteiger partial charge in [0.1, 0.15) is 11.5 Å². The third kappa shape index (κ3) is 1.80. The SMILES string of the molecule is CCc1ccc2cc3ccccc3c(OC)c2c1OC. The van der Waals surface area contributed by atoms with Gasteiger partial charge >= 0.3 is 0 Å². The van der Waals surface area contributed by atoms with Crippen LogP contribution in [-0.4, -0.2) is 14.2 Å². The number of rotatable bonds is 3. The van der Waals surface area contributed by atoms with E-state index in [9.17, 15) is 0 Å². The third-order valence-electron chi connectivity index (χ3n) is 3.80. The summed E-state index contributed by atoms with van der Waals surface area (Å²) in [7, 11) is 3.45. The van der Waals surface area contributed by atoms with E-state index in [-0.39, 0.29) is 0 Å². The summed E-state index contributed by atoms with van der Waals surface area (Å²) in [5.41, 5.74) is 1.20. The van der Waals surface area contributed by atoms with E-state index in [0.29, 0.717) is 0 Å². The molecule has 0 fully saturated rings. The van der Waals surface area contributed by atoms with Crippen molar-refractivity contribution in [2.24, 2.45) is 0 Å². The Morgan fingerprint density at radius 2 is 1.60 bits per heavy atom. The summed E-state index contributed by atoms with van der Waals surface area (Å²) in [6.45, 7) is 2.14.